The normalized spacial score (nSPS) is 20.2. The molecule has 8 nitrogen and oxygen atoms in total. The SMILES string of the molecule is NCC(O)(CO)C(N)(CO)C(O)(CO)CO. The molecule has 0 amide bonds. The summed E-state index contributed by atoms with van der Waals surface area (Å²) in [6.45, 7) is -4.52. The smallest absolute Gasteiger partial charge is 0.134 e. The van der Waals surface area contributed by atoms with Gasteiger partial charge in [0, 0.05) is 6.54 Å². The summed E-state index contributed by atoms with van der Waals surface area (Å²) in [5.74, 6) is 0. The minimum absolute atomic E-state index is 0.567. The molecule has 8 heteroatoms. The first-order valence-electron chi connectivity index (χ1n) is 4.68. The summed E-state index contributed by atoms with van der Waals surface area (Å²) in [5.41, 5.74) is 3.93. The van der Waals surface area contributed by atoms with Crippen molar-refractivity contribution in [3.8, 4) is 0 Å². The maximum absolute atomic E-state index is 9.90. The second-order valence-electron chi connectivity index (χ2n) is 3.87. The Balaban J connectivity index is 5.49. The van der Waals surface area contributed by atoms with Crippen molar-refractivity contribution in [1.29, 1.82) is 0 Å². The summed E-state index contributed by atoms with van der Waals surface area (Å²) in [7, 11) is 0. The Kier molecular flexibility index (Phi) is 5.23. The van der Waals surface area contributed by atoms with Gasteiger partial charge in [0.1, 0.15) is 16.7 Å². The summed E-state index contributed by atoms with van der Waals surface area (Å²) >= 11 is 0. The Morgan fingerprint density at radius 1 is 0.750 bits per heavy atom. The highest BCUT2D eigenvalue weighted by Crippen LogP contribution is 2.30. The maximum Gasteiger partial charge on any atom is 0.134 e. The number of aliphatic hydroxyl groups excluding tert-OH is 4. The molecule has 0 aromatic carbocycles. The molecule has 0 aromatic heterocycles. The quantitative estimate of drug-likeness (QED) is 0.218. The Hall–Kier alpha value is -0.320. The molecule has 0 saturated heterocycles. The lowest BCUT2D eigenvalue weighted by Gasteiger charge is -2.50. The Bertz CT molecular complexity index is 199. The molecular formula is C8H20N2O6. The van der Waals surface area contributed by atoms with Crippen molar-refractivity contribution in [1.82, 2.24) is 0 Å². The molecule has 2 unspecified atom stereocenters. The van der Waals surface area contributed by atoms with E-state index in [1.54, 1.807) is 0 Å². The number of nitrogens with two attached hydrogens (primary N) is 2. The molecule has 0 fully saturated rings. The molecule has 0 aliphatic rings. The van der Waals surface area contributed by atoms with E-state index in [0.29, 0.717) is 0 Å². The highest BCUT2D eigenvalue weighted by Gasteiger charge is 2.59. The molecule has 0 radical (unpaired) electrons. The molecule has 0 aliphatic heterocycles. The third-order valence-electron chi connectivity index (χ3n) is 3.03. The number of rotatable bonds is 7. The van der Waals surface area contributed by atoms with Crippen molar-refractivity contribution >= 4 is 0 Å². The van der Waals surface area contributed by atoms with E-state index >= 15 is 0 Å². The minimum Gasteiger partial charge on any atom is -0.394 e. The van der Waals surface area contributed by atoms with Crippen LogP contribution in [0.15, 0.2) is 0 Å². The van der Waals surface area contributed by atoms with Crippen LogP contribution in [0.5, 0.6) is 0 Å². The first kappa shape index (κ1) is 15.7. The zero-order chi connectivity index (χ0) is 13.0. The molecule has 2 atom stereocenters. The topological polar surface area (TPSA) is 173 Å². The molecule has 0 bridgehead atoms. The van der Waals surface area contributed by atoms with Gasteiger partial charge in [-0.1, -0.05) is 0 Å². The van der Waals surface area contributed by atoms with Crippen LogP contribution >= 0.6 is 0 Å². The van der Waals surface area contributed by atoms with E-state index in [2.05, 4.69) is 0 Å². The van der Waals surface area contributed by atoms with Gasteiger partial charge in [0.05, 0.1) is 26.4 Å². The molecule has 16 heavy (non-hydrogen) atoms. The lowest BCUT2D eigenvalue weighted by Crippen LogP contribution is -2.80. The number of aliphatic hydroxyl groups is 6. The lowest BCUT2D eigenvalue weighted by atomic mass is 9.69. The van der Waals surface area contributed by atoms with Crippen molar-refractivity contribution in [3.63, 3.8) is 0 Å². The average Bonchev–Trinajstić information content (AvgIpc) is 2.35. The van der Waals surface area contributed by atoms with Gasteiger partial charge < -0.3 is 42.1 Å². The zero-order valence-electron chi connectivity index (χ0n) is 8.87. The molecule has 0 aromatic rings. The van der Waals surface area contributed by atoms with Crippen molar-refractivity contribution in [2.75, 3.05) is 33.0 Å². The summed E-state index contributed by atoms with van der Waals surface area (Å²) in [4.78, 5) is 0. The molecule has 0 spiro atoms. The van der Waals surface area contributed by atoms with E-state index in [1.807, 2.05) is 0 Å². The van der Waals surface area contributed by atoms with Crippen LogP contribution in [0, 0.1) is 0 Å². The molecular weight excluding hydrogens is 220 g/mol. The lowest BCUT2D eigenvalue weighted by molar-refractivity contribution is -0.197. The third-order valence-corrected chi connectivity index (χ3v) is 3.03. The number of hydrogen-bond acceptors (Lipinski definition) is 8. The van der Waals surface area contributed by atoms with Gasteiger partial charge in [0.15, 0.2) is 0 Å². The molecule has 10 N–H and O–H groups in total. The van der Waals surface area contributed by atoms with Gasteiger partial charge in [-0.2, -0.15) is 0 Å². The molecule has 0 rings (SSSR count). The highest BCUT2D eigenvalue weighted by atomic mass is 16.4. The van der Waals surface area contributed by atoms with Crippen LogP contribution in [-0.2, 0) is 0 Å². The van der Waals surface area contributed by atoms with Crippen LogP contribution in [0.25, 0.3) is 0 Å². The van der Waals surface area contributed by atoms with Gasteiger partial charge in [0.25, 0.3) is 0 Å². The van der Waals surface area contributed by atoms with E-state index in [9.17, 15) is 10.2 Å². The fraction of sp³-hybridized carbons (Fsp3) is 1.00. The first-order valence-corrected chi connectivity index (χ1v) is 4.68. The summed E-state index contributed by atoms with van der Waals surface area (Å²) < 4.78 is 0. The summed E-state index contributed by atoms with van der Waals surface area (Å²) in [5, 5.41) is 55.8. The second-order valence-corrected chi connectivity index (χ2v) is 3.87. The Morgan fingerprint density at radius 2 is 1.12 bits per heavy atom. The van der Waals surface area contributed by atoms with Gasteiger partial charge in [-0.3, -0.25) is 0 Å². The predicted molar refractivity (Wildman–Crippen MR) is 54.2 cm³/mol. The van der Waals surface area contributed by atoms with Gasteiger partial charge in [-0.25, -0.2) is 0 Å². The largest absolute Gasteiger partial charge is 0.394 e. The Labute approximate surface area is 92.7 Å². The maximum atomic E-state index is 9.90. The van der Waals surface area contributed by atoms with E-state index in [-0.39, 0.29) is 0 Å². The van der Waals surface area contributed by atoms with Crippen LogP contribution < -0.4 is 11.5 Å². The van der Waals surface area contributed by atoms with Gasteiger partial charge in [0.2, 0.25) is 0 Å². The minimum atomic E-state index is -2.38. The molecule has 0 heterocycles. The standard InChI is InChI=1S/C8H20N2O6/c9-1-6(15,2-11)8(10,5-14)7(16,3-12)4-13/h11-16H,1-5,9-10H2. The van der Waals surface area contributed by atoms with E-state index in [0.717, 1.165) is 0 Å². The van der Waals surface area contributed by atoms with E-state index < -0.39 is 49.7 Å². The fourth-order valence-electron chi connectivity index (χ4n) is 1.45. The van der Waals surface area contributed by atoms with Crippen LogP contribution in [0.4, 0.5) is 0 Å². The van der Waals surface area contributed by atoms with E-state index in [1.165, 1.54) is 0 Å². The average molecular weight is 240 g/mol. The molecule has 0 saturated carbocycles. The van der Waals surface area contributed by atoms with E-state index in [4.69, 9.17) is 31.9 Å². The summed E-state index contributed by atoms with van der Waals surface area (Å²) in [6.07, 6.45) is 0. The first-order chi connectivity index (χ1) is 7.30. The van der Waals surface area contributed by atoms with Crippen molar-refractivity contribution in [2.45, 2.75) is 16.7 Å². The van der Waals surface area contributed by atoms with Crippen molar-refractivity contribution in [3.05, 3.63) is 0 Å². The molecule has 98 valence electrons. The monoisotopic (exact) mass is 240 g/mol. The molecule has 0 aliphatic carbocycles. The van der Waals surface area contributed by atoms with Gasteiger partial charge in [-0.15, -0.1) is 0 Å². The second kappa shape index (κ2) is 5.34. The van der Waals surface area contributed by atoms with Crippen LogP contribution in [0.3, 0.4) is 0 Å². The van der Waals surface area contributed by atoms with Gasteiger partial charge >= 0.3 is 0 Å². The predicted octanol–water partition coefficient (Wildman–Crippen LogP) is -4.93. The van der Waals surface area contributed by atoms with Crippen molar-refractivity contribution < 1.29 is 30.6 Å². The van der Waals surface area contributed by atoms with Crippen molar-refractivity contribution in [2.24, 2.45) is 11.5 Å². The van der Waals surface area contributed by atoms with Crippen LogP contribution in [-0.4, -0.2) is 80.4 Å². The van der Waals surface area contributed by atoms with Crippen LogP contribution in [0.2, 0.25) is 0 Å². The Morgan fingerprint density at radius 3 is 1.31 bits per heavy atom. The third kappa shape index (κ3) is 2.06. The summed E-state index contributed by atoms with van der Waals surface area (Å²) in [6, 6.07) is 0. The zero-order valence-corrected chi connectivity index (χ0v) is 8.87. The van der Waals surface area contributed by atoms with Crippen LogP contribution in [0.1, 0.15) is 0 Å². The number of hydrogen-bond donors (Lipinski definition) is 8. The van der Waals surface area contributed by atoms with Gasteiger partial charge in [-0.05, 0) is 0 Å². The highest BCUT2D eigenvalue weighted by molar-refractivity contribution is 5.15. The fourth-order valence-corrected chi connectivity index (χ4v) is 1.45.